The maximum Gasteiger partial charge on any atom is 0.258 e. The summed E-state index contributed by atoms with van der Waals surface area (Å²) in [5.74, 6) is 0.568. The van der Waals surface area contributed by atoms with Crippen LogP contribution in [0, 0.1) is 6.92 Å². The molecule has 0 amide bonds. The van der Waals surface area contributed by atoms with Crippen LogP contribution in [0.5, 0.6) is 5.75 Å². The number of aryl methyl sites for hydroxylation is 1. The molecule has 2 heterocycles. The van der Waals surface area contributed by atoms with Crippen LogP contribution in [0.2, 0.25) is 0 Å². The second-order valence-electron chi connectivity index (χ2n) is 6.36. The monoisotopic (exact) mass is 362 g/mol. The molecule has 0 atom stereocenters. The van der Waals surface area contributed by atoms with Crippen molar-refractivity contribution in [2.24, 2.45) is 0 Å². The molecule has 1 saturated heterocycles. The lowest BCUT2D eigenvalue weighted by Crippen LogP contribution is -2.34. The van der Waals surface area contributed by atoms with Gasteiger partial charge in [0.05, 0.1) is 10.6 Å². The average molecular weight is 362 g/mol. The molecule has 0 bridgehead atoms. The molecule has 3 rings (SSSR count). The minimum absolute atomic E-state index is 0.132. The first-order chi connectivity index (χ1) is 11.8. The minimum Gasteiger partial charge on any atom is -0.490 e. The number of pyridine rings is 1. The van der Waals surface area contributed by atoms with E-state index < -0.39 is 9.84 Å². The quantitative estimate of drug-likeness (QED) is 0.895. The summed E-state index contributed by atoms with van der Waals surface area (Å²) in [6.45, 7) is 3.64. The van der Waals surface area contributed by atoms with Gasteiger partial charge in [-0.1, -0.05) is 0 Å². The van der Waals surface area contributed by atoms with E-state index in [-0.39, 0.29) is 16.6 Å². The Morgan fingerprint density at radius 3 is 2.48 bits per heavy atom. The van der Waals surface area contributed by atoms with E-state index in [1.165, 1.54) is 23.0 Å². The van der Waals surface area contributed by atoms with Gasteiger partial charge in [-0.15, -0.1) is 0 Å². The Balaban J connectivity index is 1.87. The Morgan fingerprint density at radius 1 is 1.16 bits per heavy atom. The van der Waals surface area contributed by atoms with Crippen molar-refractivity contribution in [2.45, 2.75) is 30.8 Å². The van der Waals surface area contributed by atoms with Crippen molar-refractivity contribution in [3.8, 4) is 11.4 Å². The number of hydrogen-bond donors (Lipinski definition) is 1. The van der Waals surface area contributed by atoms with Gasteiger partial charge in [-0.05, 0) is 62.7 Å². The molecule has 0 radical (unpaired) electrons. The summed E-state index contributed by atoms with van der Waals surface area (Å²) in [5, 5.41) is 3.28. The van der Waals surface area contributed by atoms with Crippen molar-refractivity contribution < 1.29 is 13.2 Å². The molecule has 1 fully saturated rings. The van der Waals surface area contributed by atoms with E-state index in [9.17, 15) is 13.2 Å². The van der Waals surface area contributed by atoms with Gasteiger partial charge in [-0.25, -0.2) is 8.42 Å². The fourth-order valence-electron chi connectivity index (χ4n) is 2.97. The molecule has 0 aliphatic carbocycles. The zero-order valence-electron chi connectivity index (χ0n) is 14.4. The summed E-state index contributed by atoms with van der Waals surface area (Å²) >= 11 is 0. The largest absolute Gasteiger partial charge is 0.490 e. The van der Waals surface area contributed by atoms with Crippen LogP contribution < -0.4 is 15.6 Å². The summed E-state index contributed by atoms with van der Waals surface area (Å²) in [7, 11) is -3.27. The van der Waals surface area contributed by atoms with E-state index in [2.05, 4.69) is 5.32 Å². The second-order valence-corrected chi connectivity index (χ2v) is 8.37. The molecule has 6 nitrogen and oxygen atoms in total. The number of aromatic nitrogens is 1. The van der Waals surface area contributed by atoms with E-state index >= 15 is 0 Å². The Kier molecular flexibility index (Phi) is 4.96. The molecule has 1 aliphatic heterocycles. The number of benzene rings is 1. The van der Waals surface area contributed by atoms with Crippen LogP contribution in [0.1, 0.15) is 18.4 Å². The standard InChI is InChI=1S/C18H22N2O4S/c1-13-11-16(25(2,22)23)3-4-17(13)20-10-7-15(12-18(20)21)24-14-5-8-19-9-6-14/h3-4,7,10-12,14,19H,5-6,8-9H2,1-2H3. The SMILES string of the molecule is Cc1cc(S(C)(=O)=O)ccc1-n1ccc(OC2CCNCC2)cc1=O. The zero-order chi connectivity index (χ0) is 18.0. The van der Waals surface area contributed by atoms with Gasteiger partial charge in [0, 0.05) is 18.5 Å². The van der Waals surface area contributed by atoms with Crippen LogP contribution in [0.3, 0.4) is 0 Å². The zero-order valence-corrected chi connectivity index (χ0v) is 15.2. The summed E-state index contributed by atoms with van der Waals surface area (Å²) in [6.07, 6.45) is 4.82. The van der Waals surface area contributed by atoms with E-state index in [0.29, 0.717) is 11.4 Å². The summed E-state index contributed by atoms with van der Waals surface area (Å²) in [4.78, 5) is 12.7. The molecule has 2 aromatic rings. The van der Waals surface area contributed by atoms with Gasteiger partial charge in [0.1, 0.15) is 11.9 Å². The molecule has 134 valence electrons. The van der Waals surface area contributed by atoms with Crippen molar-refractivity contribution in [2.75, 3.05) is 19.3 Å². The molecule has 7 heteroatoms. The van der Waals surface area contributed by atoms with Crippen LogP contribution in [-0.4, -0.2) is 38.4 Å². The first-order valence-electron chi connectivity index (χ1n) is 8.26. The second kappa shape index (κ2) is 7.01. The van der Waals surface area contributed by atoms with E-state index in [4.69, 9.17) is 4.74 Å². The number of nitrogens with one attached hydrogen (secondary N) is 1. The highest BCUT2D eigenvalue weighted by Crippen LogP contribution is 2.20. The summed E-state index contributed by atoms with van der Waals surface area (Å²) in [5.41, 5.74) is 1.17. The summed E-state index contributed by atoms with van der Waals surface area (Å²) in [6, 6.07) is 8.00. The van der Waals surface area contributed by atoms with E-state index in [1.54, 1.807) is 31.3 Å². The van der Waals surface area contributed by atoms with E-state index in [1.807, 2.05) is 0 Å². The predicted molar refractivity (Wildman–Crippen MR) is 96.4 cm³/mol. The van der Waals surface area contributed by atoms with Crippen LogP contribution in [-0.2, 0) is 9.84 Å². The van der Waals surface area contributed by atoms with Crippen molar-refractivity contribution in [1.29, 1.82) is 0 Å². The summed E-state index contributed by atoms with van der Waals surface area (Å²) < 4.78 is 30.7. The van der Waals surface area contributed by atoms with Crippen LogP contribution in [0.15, 0.2) is 46.2 Å². The molecular formula is C18H22N2O4S. The lowest BCUT2D eigenvalue weighted by atomic mass is 10.1. The molecule has 1 N–H and O–H groups in total. The van der Waals surface area contributed by atoms with Crippen LogP contribution in [0.4, 0.5) is 0 Å². The minimum atomic E-state index is -3.27. The highest BCUT2D eigenvalue weighted by molar-refractivity contribution is 7.90. The van der Waals surface area contributed by atoms with Gasteiger partial charge in [0.25, 0.3) is 5.56 Å². The van der Waals surface area contributed by atoms with Crippen molar-refractivity contribution in [1.82, 2.24) is 9.88 Å². The Labute approximate surface area is 147 Å². The smallest absolute Gasteiger partial charge is 0.258 e. The lowest BCUT2D eigenvalue weighted by Gasteiger charge is -2.23. The van der Waals surface area contributed by atoms with Crippen LogP contribution >= 0.6 is 0 Å². The first kappa shape index (κ1) is 17.7. The number of hydrogen-bond acceptors (Lipinski definition) is 5. The Morgan fingerprint density at radius 2 is 1.88 bits per heavy atom. The van der Waals surface area contributed by atoms with Gasteiger partial charge in [0.2, 0.25) is 0 Å². The Hall–Kier alpha value is -2.12. The number of nitrogens with zero attached hydrogens (tertiary/aromatic N) is 1. The average Bonchev–Trinajstić information content (AvgIpc) is 2.56. The molecule has 1 aromatic heterocycles. The lowest BCUT2D eigenvalue weighted by molar-refractivity contribution is 0.162. The normalized spacial score (nSPS) is 15.9. The Bertz CT molecular complexity index is 928. The third kappa shape index (κ3) is 4.11. The van der Waals surface area contributed by atoms with Gasteiger partial charge in [-0.3, -0.25) is 9.36 Å². The highest BCUT2D eigenvalue weighted by atomic mass is 32.2. The molecule has 0 unspecified atom stereocenters. The predicted octanol–water partition coefficient (Wildman–Crippen LogP) is 1.68. The third-order valence-corrected chi connectivity index (χ3v) is 5.45. The van der Waals surface area contributed by atoms with Gasteiger partial charge >= 0.3 is 0 Å². The van der Waals surface area contributed by atoms with Crippen molar-refractivity contribution in [3.05, 3.63) is 52.4 Å². The molecule has 0 spiro atoms. The molecule has 25 heavy (non-hydrogen) atoms. The number of rotatable bonds is 4. The highest BCUT2D eigenvalue weighted by Gasteiger charge is 2.15. The van der Waals surface area contributed by atoms with Gasteiger partial charge in [0.15, 0.2) is 9.84 Å². The molecule has 1 aromatic carbocycles. The molecule has 0 saturated carbocycles. The van der Waals surface area contributed by atoms with Gasteiger partial charge < -0.3 is 10.1 Å². The fraction of sp³-hybridized carbons (Fsp3) is 0.389. The van der Waals surface area contributed by atoms with Gasteiger partial charge in [-0.2, -0.15) is 0 Å². The van der Waals surface area contributed by atoms with Crippen LogP contribution in [0.25, 0.3) is 5.69 Å². The molecular weight excluding hydrogens is 340 g/mol. The fourth-order valence-corrected chi connectivity index (χ4v) is 3.67. The number of sulfone groups is 1. The maximum atomic E-state index is 12.5. The van der Waals surface area contributed by atoms with Crippen molar-refractivity contribution >= 4 is 9.84 Å². The number of piperidine rings is 1. The topological polar surface area (TPSA) is 77.4 Å². The first-order valence-corrected chi connectivity index (χ1v) is 10.1. The van der Waals surface area contributed by atoms with Crippen molar-refractivity contribution in [3.63, 3.8) is 0 Å². The van der Waals surface area contributed by atoms with E-state index in [0.717, 1.165) is 31.5 Å². The number of ether oxygens (including phenoxy) is 1. The molecule has 1 aliphatic rings. The third-order valence-electron chi connectivity index (χ3n) is 4.34. The maximum absolute atomic E-state index is 12.5.